The zero-order valence-electron chi connectivity index (χ0n) is 11.8. The Bertz CT molecular complexity index is 187. The fourth-order valence-electron chi connectivity index (χ4n) is 0.545. The molecule has 3 nitrogen and oxygen atoms in total. The Morgan fingerprint density at radius 3 is 2.00 bits per heavy atom. The average Bonchev–Trinajstić information content (AvgIpc) is 2.21. The van der Waals surface area contributed by atoms with Gasteiger partial charge >= 0.3 is 6.09 Å². The second-order valence-corrected chi connectivity index (χ2v) is 3.47. The van der Waals surface area contributed by atoms with Gasteiger partial charge < -0.3 is 10.1 Å². The van der Waals surface area contributed by atoms with Crippen LogP contribution in [0.4, 0.5) is 4.79 Å². The standard InChI is InChI=1S/C9H15NO2.2C2H6/c1-5-6-7-12-8(11)10-9(2,3)4;2*1-2/h1H,6-7H2,2-4H3,(H,10,11);2*1-2H3. The fourth-order valence-corrected chi connectivity index (χ4v) is 0.545. The highest BCUT2D eigenvalue weighted by atomic mass is 16.5. The zero-order valence-corrected chi connectivity index (χ0v) is 11.8. The van der Waals surface area contributed by atoms with Crippen molar-refractivity contribution in [3.8, 4) is 12.3 Å². The van der Waals surface area contributed by atoms with E-state index < -0.39 is 6.09 Å². The molecule has 0 saturated heterocycles. The highest BCUT2D eigenvalue weighted by molar-refractivity contribution is 5.68. The van der Waals surface area contributed by atoms with Crippen molar-refractivity contribution in [2.45, 2.75) is 60.4 Å². The SMILES string of the molecule is C#CCCOC(=O)NC(C)(C)C.CC.CC. The molecule has 3 heteroatoms. The minimum absolute atomic E-state index is 0.257. The quantitative estimate of drug-likeness (QED) is 0.580. The van der Waals surface area contributed by atoms with Crippen LogP contribution in [0.15, 0.2) is 0 Å². The average molecular weight is 229 g/mol. The maximum atomic E-state index is 10.9. The molecule has 0 aromatic carbocycles. The molecule has 0 radical (unpaired) electrons. The number of terminal acetylenes is 1. The van der Waals surface area contributed by atoms with E-state index in [-0.39, 0.29) is 12.1 Å². The van der Waals surface area contributed by atoms with Gasteiger partial charge in [0.2, 0.25) is 0 Å². The monoisotopic (exact) mass is 229 g/mol. The molecule has 0 fully saturated rings. The fraction of sp³-hybridized carbons (Fsp3) is 0.769. The van der Waals surface area contributed by atoms with Crippen molar-refractivity contribution in [1.82, 2.24) is 5.32 Å². The van der Waals surface area contributed by atoms with Crippen molar-refractivity contribution < 1.29 is 9.53 Å². The minimum atomic E-state index is -0.419. The number of ether oxygens (including phenoxy) is 1. The lowest BCUT2D eigenvalue weighted by Gasteiger charge is -2.19. The Morgan fingerprint density at radius 2 is 1.69 bits per heavy atom. The number of hydrogen-bond donors (Lipinski definition) is 1. The number of rotatable bonds is 2. The summed E-state index contributed by atoms with van der Waals surface area (Å²) in [6.07, 6.45) is 5.02. The van der Waals surface area contributed by atoms with E-state index in [2.05, 4.69) is 11.2 Å². The van der Waals surface area contributed by atoms with Crippen LogP contribution in [-0.2, 0) is 4.74 Å². The highest BCUT2D eigenvalue weighted by Crippen LogP contribution is 1.98. The molecular weight excluding hydrogens is 202 g/mol. The summed E-state index contributed by atoms with van der Waals surface area (Å²) >= 11 is 0. The Hall–Kier alpha value is -1.17. The van der Waals surface area contributed by atoms with Crippen molar-refractivity contribution >= 4 is 6.09 Å². The van der Waals surface area contributed by atoms with E-state index in [9.17, 15) is 4.79 Å². The summed E-state index contributed by atoms with van der Waals surface area (Å²) in [5.41, 5.74) is -0.257. The molecule has 0 aromatic rings. The Balaban J connectivity index is -0.000000376. The van der Waals surface area contributed by atoms with Crippen molar-refractivity contribution in [3.63, 3.8) is 0 Å². The van der Waals surface area contributed by atoms with E-state index in [1.54, 1.807) is 0 Å². The van der Waals surface area contributed by atoms with Crippen LogP contribution in [0.5, 0.6) is 0 Å². The van der Waals surface area contributed by atoms with E-state index in [4.69, 9.17) is 11.2 Å². The van der Waals surface area contributed by atoms with Gasteiger partial charge in [0.1, 0.15) is 6.61 Å². The van der Waals surface area contributed by atoms with E-state index in [1.165, 1.54) is 0 Å². The van der Waals surface area contributed by atoms with Crippen LogP contribution in [0.3, 0.4) is 0 Å². The van der Waals surface area contributed by atoms with Crippen molar-refractivity contribution in [3.05, 3.63) is 0 Å². The number of carbonyl (C=O) groups is 1. The molecule has 0 unspecified atom stereocenters. The van der Waals surface area contributed by atoms with E-state index in [0.717, 1.165) is 0 Å². The van der Waals surface area contributed by atoms with Gasteiger partial charge in [0, 0.05) is 12.0 Å². The van der Waals surface area contributed by atoms with Crippen molar-refractivity contribution in [2.75, 3.05) is 6.61 Å². The molecule has 0 spiro atoms. The molecular formula is C13H27NO2. The van der Waals surface area contributed by atoms with Gasteiger partial charge in [0.05, 0.1) is 0 Å². The molecule has 0 aliphatic rings. The summed E-state index contributed by atoms with van der Waals surface area (Å²) in [5, 5.41) is 2.65. The molecule has 0 rings (SSSR count). The molecule has 0 bridgehead atoms. The summed E-state index contributed by atoms with van der Waals surface area (Å²) in [7, 11) is 0. The molecule has 96 valence electrons. The maximum Gasteiger partial charge on any atom is 0.407 e. The van der Waals surface area contributed by atoms with Crippen LogP contribution < -0.4 is 5.32 Å². The third kappa shape index (κ3) is 23.0. The number of carbonyl (C=O) groups excluding carboxylic acids is 1. The minimum Gasteiger partial charge on any atom is -0.449 e. The highest BCUT2D eigenvalue weighted by Gasteiger charge is 2.13. The predicted octanol–water partition coefficient (Wildman–Crippen LogP) is 3.59. The van der Waals surface area contributed by atoms with Gasteiger partial charge in [-0.2, -0.15) is 0 Å². The Kier molecular flexibility index (Phi) is 17.5. The van der Waals surface area contributed by atoms with Gasteiger partial charge in [-0.25, -0.2) is 4.79 Å². The molecule has 16 heavy (non-hydrogen) atoms. The second kappa shape index (κ2) is 13.8. The van der Waals surface area contributed by atoms with E-state index in [1.807, 2.05) is 48.5 Å². The van der Waals surface area contributed by atoms with Crippen LogP contribution in [0.1, 0.15) is 54.9 Å². The summed E-state index contributed by atoms with van der Waals surface area (Å²) < 4.78 is 4.77. The molecule has 1 N–H and O–H groups in total. The smallest absolute Gasteiger partial charge is 0.407 e. The van der Waals surface area contributed by atoms with Crippen LogP contribution in [0.2, 0.25) is 0 Å². The first-order valence-corrected chi connectivity index (χ1v) is 5.84. The lowest BCUT2D eigenvalue weighted by atomic mass is 10.1. The molecule has 0 aliphatic heterocycles. The largest absolute Gasteiger partial charge is 0.449 e. The van der Waals surface area contributed by atoms with Gasteiger partial charge in [0.15, 0.2) is 0 Å². The van der Waals surface area contributed by atoms with E-state index in [0.29, 0.717) is 6.42 Å². The summed E-state index contributed by atoms with van der Waals surface area (Å²) in [6, 6.07) is 0. The number of nitrogens with one attached hydrogen (secondary N) is 1. The van der Waals surface area contributed by atoms with Crippen LogP contribution in [0.25, 0.3) is 0 Å². The van der Waals surface area contributed by atoms with Gasteiger partial charge in [0.25, 0.3) is 0 Å². The Morgan fingerprint density at radius 1 is 1.25 bits per heavy atom. The first kappa shape index (κ1) is 20.3. The topological polar surface area (TPSA) is 38.3 Å². The lowest BCUT2D eigenvalue weighted by Crippen LogP contribution is -2.40. The van der Waals surface area contributed by atoms with Gasteiger partial charge in [-0.05, 0) is 20.8 Å². The summed E-state index contributed by atoms with van der Waals surface area (Å²) in [4.78, 5) is 10.9. The second-order valence-electron chi connectivity index (χ2n) is 3.47. The number of alkyl carbamates (subject to hydrolysis) is 1. The molecule has 0 heterocycles. The molecule has 1 amide bonds. The van der Waals surface area contributed by atoms with Gasteiger partial charge in [-0.3, -0.25) is 0 Å². The van der Waals surface area contributed by atoms with Crippen LogP contribution in [0, 0.1) is 12.3 Å². The van der Waals surface area contributed by atoms with Gasteiger partial charge in [-0.1, -0.05) is 27.7 Å². The first-order chi connectivity index (χ1) is 7.45. The molecule has 0 aliphatic carbocycles. The van der Waals surface area contributed by atoms with Crippen LogP contribution >= 0.6 is 0 Å². The first-order valence-electron chi connectivity index (χ1n) is 5.84. The number of hydrogen-bond acceptors (Lipinski definition) is 2. The van der Waals surface area contributed by atoms with Crippen molar-refractivity contribution in [1.29, 1.82) is 0 Å². The lowest BCUT2D eigenvalue weighted by molar-refractivity contribution is 0.140. The van der Waals surface area contributed by atoms with Gasteiger partial charge in [-0.15, -0.1) is 12.3 Å². The maximum absolute atomic E-state index is 10.9. The summed E-state index contributed by atoms with van der Waals surface area (Å²) in [6.45, 7) is 13.9. The predicted molar refractivity (Wildman–Crippen MR) is 70.4 cm³/mol. The third-order valence-corrected chi connectivity index (χ3v) is 0.957. The Labute approximate surface area is 101 Å². The molecule has 0 saturated carbocycles. The third-order valence-electron chi connectivity index (χ3n) is 0.957. The van der Waals surface area contributed by atoms with E-state index >= 15 is 0 Å². The zero-order chi connectivity index (χ0) is 13.6. The summed E-state index contributed by atoms with van der Waals surface area (Å²) in [5.74, 6) is 2.38. The molecule has 0 aromatic heterocycles. The number of amides is 1. The normalized spacial score (nSPS) is 8.38. The van der Waals surface area contributed by atoms with Crippen LogP contribution in [-0.4, -0.2) is 18.2 Å². The van der Waals surface area contributed by atoms with Crippen molar-refractivity contribution in [2.24, 2.45) is 0 Å². The molecule has 0 atom stereocenters.